The SMILES string of the molecule is O=[N+]([O-])c1cc(SC(F)(F)F)ccc1CCCBr. The van der Waals surface area contributed by atoms with Crippen molar-refractivity contribution in [2.45, 2.75) is 23.2 Å². The second-order valence-corrected chi connectivity index (χ2v) is 5.32. The summed E-state index contributed by atoms with van der Waals surface area (Å²) in [5.74, 6) is 0. The molecule has 1 rings (SSSR count). The fourth-order valence-corrected chi connectivity index (χ4v) is 2.23. The molecule has 0 atom stereocenters. The normalized spacial score (nSPS) is 11.6. The first-order valence-corrected chi connectivity index (χ1v) is 6.86. The maximum atomic E-state index is 12.2. The van der Waals surface area contributed by atoms with Gasteiger partial charge in [-0.1, -0.05) is 22.0 Å². The van der Waals surface area contributed by atoms with Crippen LogP contribution in [-0.2, 0) is 6.42 Å². The van der Waals surface area contributed by atoms with Gasteiger partial charge in [-0.2, -0.15) is 13.2 Å². The van der Waals surface area contributed by atoms with Gasteiger partial charge >= 0.3 is 5.51 Å². The van der Waals surface area contributed by atoms with Crippen LogP contribution in [0.4, 0.5) is 18.9 Å². The van der Waals surface area contributed by atoms with Crippen molar-refractivity contribution in [3.63, 3.8) is 0 Å². The summed E-state index contributed by atoms with van der Waals surface area (Å²) in [6.45, 7) is 0. The van der Waals surface area contributed by atoms with Gasteiger partial charge in [-0.15, -0.1) is 0 Å². The standard InChI is InChI=1S/C10H9BrF3NO2S/c11-5-1-2-7-3-4-8(18-10(12,13)14)6-9(7)15(16)17/h3-4,6H,1-2,5H2. The number of rotatable bonds is 5. The van der Waals surface area contributed by atoms with Crippen LogP contribution < -0.4 is 0 Å². The van der Waals surface area contributed by atoms with Crippen LogP contribution in [0.25, 0.3) is 0 Å². The third-order valence-electron chi connectivity index (χ3n) is 2.07. The Hall–Kier alpha value is -0.760. The van der Waals surface area contributed by atoms with E-state index in [1.165, 1.54) is 12.1 Å². The third-order valence-corrected chi connectivity index (χ3v) is 3.35. The predicted molar refractivity (Wildman–Crippen MR) is 67.1 cm³/mol. The van der Waals surface area contributed by atoms with Crippen molar-refractivity contribution in [3.8, 4) is 0 Å². The van der Waals surface area contributed by atoms with Gasteiger partial charge in [0.1, 0.15) is 0 Å². The van der Waals surface area contributed by atoms with Crippen molar-refractivity contribution in [1.29, 1.82) is 0 Å². The van der Waals surface area contributed by atoms with E-state index in [4.69, 9.17) is 0 Å². The molecule has 8 heteroatoms. The lowest BCUT2D eigenvalue weighted by molar-refractivity contribution is -0.385. The maximum Gasteiger partial charge on any atom is 0.446 e. The maximum absolute atomic E-state index is 12.2. The molecule has 0 radical (unpaired) electrons. The molecule has 0 unspecified atom stereocenters. The predicted octanol–water partition coefficient (Wildman–Crippen LogP) is 4.53. The minimum absolute atomic E-state index is 0.170. The molecule has 0 saturated heterocycles. The van der Waals surface area contributed by atoms with Crippen LogP contribution >= 0.6 is 27.7 Å². The number of alkyl halides is 4. The van der Waals surface area contributed by atoms with Gasteiger partial charge in [0.25, 0.3) is 5.69 Å². The Labute approximate surface area is 114 Å². The highest BCUT2D eigenvalue weighted by Crippen LogP contribution is 2.38. The number of benzene rings is 1. The number of nitro groups is 1. The lowest BCUT2D eigenvalue weighted by Gasteiger charge is -2.07. The zero-order chi connectivity index (χ0) is 13.8. The molecule has 100 valence electrons. The summed E-state index contributed by atoms with van der Waals surface area (Å²) in [5.41, 5.74) is -4.25. The van der Waals surface area contributed by atoms with Crippen LogP contribution in [0, 0.1) is 10.1 Å². The third kappa shape index (κ3) is 4.85. The van der Waals surface area contributed by atoms with E-state index in [0.717, 1.165) is 6.07 Å². The number of hydrogen-bond acceptors (Lipinski definition) is 3. The highest BCUT2D eigenvalue weighted by Gasteiger charge is 2.30. The summed E-state index contributed by atoms with van der Waals surface area (Å²) in [6, 6.07) is 3.62. The quantitative estimate of drug-likeness (QED) is 0.341. The fraction of sp³-hybridized carbons (Fsp3) is 0.400. The fourth-order valence-electron chi connectivity index (χ4n) is 1.38. The van der Waals surface area contributed by atoms with Crippen molar-refractivity contribution in [3.05, 3.63) is 33.9 Å². The van der Waals surface area contributed by atoms with Crippen LogP contribution in [0.3, 0.4) is 0 Å². The summed E-state index contributed by atoms with van der Waals surface area (Å²) >= 11 is 2.85. The Kier molecular flexibility index (Phi) is 5.46. The lowest BCUT2D eigenvalue weighted by atomic mass is 10.1. The van der Waals surface area contributed by atoms with Crippen molar-refractivity contribution in [2.75, 3.05) is 5.33 Å². The van der Waals surface area contributed by atoms with Gasteiger partial charge in [-0.25, -0.2) is 0 Å². The van der Waals surface area contributed by atoms with Crippen LogP contribution in [-0.4, -0.2) is 15.8 Å². The van der Waals surface area contributed by atoms with Crippen LogP contribution in [0.15, 0.2) is 23.1 Å². The summed E-state index contributed by atoms with van der Waals surface area (Å²) < 4.78 is 36.5. The molecule has 18 heavy (non-hydrogen) atoms. The van der Waals surface area contributed by atoms with E-state index in [-0.39, 0.29) is 22.3 Å². The van der Waals surface area contributed by atoms with E-state index in [1.54, 1.807) is 0 Å². The minimum atomic E-state index is -4.44. The Balaban J connectivity index is 2.99. The van der Waals surface area contributed by atoms with Gasteiger partial charge in [-0.05, 0) is 30.7 Å². The number of thioether (sulfide) groups is 1. The zero-order valence-electron chi connectivity index (χ0n) is 9.04. The highest BCUT2D eigenvalue weighted by molar-refractivity contribution is 9.09. The van der Waals surface area contributed by atoms with Crippen LogP contribution in [0.1, 0.15) is 12.0 Å². The first-order chi connectivity index (χ1) is 8.33. The molecule has 0 aliphatic heterocycles. The number of aryl methyl sites for hydroxylation is 1. The monoisotopic (exact) mass is 343 g/mol. The molecule has 0 amide bonds. The second-order valence-electron chi connectivity index (χ2n) is 3.39. The van der Waals surface area contributed by atoms with Gasteiger partial charge in [0.2, 0.25) is 0 Å². The Bertz CT molecular complexity index is 440. The molecule has 1 aromatic carbocycles. The topological polar surface area (TPSA) is 43.1 Å². The van der Waals surface area contributed by atoms with Crippen LogP contribution in [0.2, 0.25) is 0 Å². The van der Waals surface area contributed by atoms with Crippen LogP contribution in [0.5, 0.6) is 0 Å². The molecule has 3 nitrogen and oxygen atoms in total. The zero-order valence-corrected chi connectivity index (χ0v) is 11.4. The first-order valence-electron chi connectivity index (χ1n) is 4.92. The van der Waals surface area contributed by atoms with Gasteiger partial charge < -0.3 is 0 Å². The lowest BCUT2D eigenvalue weighted by Crippen LogP contribution is -2.01. The van der Waals surface area contributed by atoms with E-state index in [1.807, 2.05) is 0 Å². The molecule has 0 bridgehead atoms. The number of hydrogen-bond donors (Lipinski definition) is 0. The van der Waals surface area contributed by atoms with Gasteiger partial charge in [0.15, 0.2) is 0 Å². The number of nitrogens with zero attached hydrogens (tertiary/aromatic N) is 1. The number of nitro benzene ring substituents is 1. The molecule has 0 aliphatic carbocycles. The molecule has 0 fully saturated rings. The number of halogens is 4. The second kappa shape index (κ2) is 6.42. The molecule has 0 aromatic heterocycles. The average Bonchev–Trinajstić information content (AvgIpc) is 2.25. The van der Waals surface area contributed by atoms with Gasteiger partial charge in [-0.3, -0.25) is 10.1 Å². The van der Waals surface area contributed by atoms with E-state index < -0.39 is 10.4 Å². The molecule has 0 aliphatic rings. The molecular weight excluding hydrogens is 335 g/mol. The molecule has 0 N–H and O–H groups in total. The largest absolute Gasteiger partial charge is 0.446 e. The van der Waals surface area contributed by atoms with E-state index >= 15 is 0 Å². The highest BCUT2D eigenvalue weighted by atomic mass is 79.9. The van der Waals surface area contributed by atoms with E-state index in [2.05, 4.69) is 15.9 Å². The summed E-state index contributed by atoms with van der Waals surface area (Å²) in [4.78, 5) is 9.99. The van der Waals surface area contributed by atoms with Crippen molar-refractivity contribution < 1.29 is 18.1 Å². The van der Waals surface area contributed by atoms with Crippen molar-refractivity contribution in [2.24, 2.45) is 0 Å². The average molecular weight is 344 g/mol. The minimum Gasteiger partial charge on any atom is -0.258 e. The smallest absolute Gasteiger partial charge is 0.258 e. The summed E-state index contributed by atoms with van der Waals surface area (Å²) in [7, 11) is 0. The molecule has 1 aromatic rings. The molecule has 0 heterocycles. The Morgan fingerprint density at radius 3 is 2.56 bits per heavy atom. The first kappa shape index (κ1) is 15.3. The molecule has 0 saturated carbocycles. The van der Waals surface area contributed by atoms with Gasteiger partial charge in [0.05, 0.1) is 4.92 Å². The molecular formula is C10H9BrF3NO2S. The Morgan fingerprint density at radius 1 is 1.39 bits per heavy atom. The van der Waals surface area contributed by atoms with Crippen molar-refractivity contribution >= 4 is 33.4 Å². The summed E-state index contributed by atoms with van der Waals surface area (Å²) in [5, 5.41) is 11.5. The van der Waals surface area contributed by atoms with Gasteiger partial charge in [0, 0.05) is 21.9 Å². The van der Waals surface area contributed by atoms with Crippen molar-refractivity contribution in [1.82, 2.24) is 0 Å². The van der Waals surface area contributed by atoms with E-state index in [9.17, 15) is 23.3 Å². The summed E-state index contributed by atoms with van der Waals surface area (Å²) in [6.07, 6.45) is 1.14. The molecule has 0 spiro atoms. The van der Waals surface area contributed by atoms with E-state index in [0.29, 0.717) is 23.7 Å². The Morgan fingerprint density at radius 2 is 2.06 bits per heavy atom.